The second-order valence-electron chi connectivity index (χ2n) is 7.81. The highest BCUT2D eigenvalue weighted by Gasteiger charge is 2.23. The van der Waals surface area contributed by atoms with Crippen molar-refractivity contribution in [2.45, 2.75) is 25.9 Å². The molecule has 8 heteroatoms. The summed E-state index contributed by atoms with van der Waals surface area (Å²) >= 11 is 0. The zero-order valence-corrected chi connectivity index (χ0v) is 17.8. The molecule has 0 fully saturated rings. The average Bonchev–Trinajstić information content (AvgIpc) is 3.10. The first-order valence-electron chi connectivity index (χ1n) is 10.6. The van der Waals surface area contributed by atoms with E-state index in [-0.39, 0.29) is 5.56 Å². The molecule has 2 heterocycles. The third-order valence-electron chi connectivity index (χ3n) is 5.53. The standard InChI is InChI=1S/C24H25F2N5O/c1-17(27-24(32)20-16-19(25)9-10-21(20)26)23-29-28-22-11-13-30(14-15-31(22)23)12-5-8-18-6-3-2-4-7-18/h2-10,16-17H,11-15H2,1H3,(H,27,32)/b8-5+. The van der Waals surface area contributed by atoms with Crippen LogP contribution in [0.1, 0.15) is 40.5 Å². The van der Waals surface area contributed by atoms with Crippen LogP contribution >= 0.6 is 0 Å². The van der Waals surface area contributed by atoms with Crippen LogP contribution in [0.2, 0.25) is 0 Å². The normalized spacial score (nSPS) is 15.3. The Balaban J connectivity index is 1.39. The van der Waals surface area contributed by atoms with Crippen molar-refractivity contribution >= 4 is 12.0 Å². The summed E-state index contributed by atoms with van der Waals surface area (Å²) in [4.78, 5) is 14.8. The van der Waals surface area contributed by atoms with Gasteiger partial charge in [-0.3, -0.25) is 9.69 Å². The summed E-state index contributed by atoms with van der Waals surface area (Å²) in [6.07, 6.45) is 5.00. The van der Waals surface area contributed by atoms with E-state index in [0.717, 1.165) is 50.1 Å². The quantitative estimate of drug-likeness (QED) is 0.640. The lowest BCUT2D eigenvalue weighted by molar-refractivity contribution is 0.0933. The molecule has 0 radical (unpaired) electrons. The molecule has 2 aromatic carbocycles. The molecule has 1 atom stereocenters. The van der Waals surface area contributed by atoms with E-state index < -0.39 is 23.6 Å². The number of hydrogen-bond acceptors (Lipinski definition) is 4. The number of nitrogens with one attached hydrogen (secondary N) is 1. The highest BCUT2D eigenvalue weighted by molar-refractivity contribution is 5.94. The monoisotopic (exact) mass is 437 g/mol. The highest BCUT2D eigenvalue weighted by Crippen LogP contribution is 2.17. The van der Waals surface area contributed by atoms with Gasteiger partial charge in [-0.15, -0.1) is 10.2 Å². The zero-order chi connectivity index (χ0) is 22.5. The summed E-state index contributed by atoms with van der Waals surface area (Å²) in [5.41, 5.74) is 0.838. The van der Waals surface area contributed by atoms with Gasteiger partial charge in [-0.25, -0.2) is 8.78 Å². The number of nitrogens with zero attached hydrogens (tertiary/aromatic N) is 4. The zero-order valence-electron chi connectivity index (χ0n) is 17.8. The van der Waals surface area contributed by atoms with E-state index in [0.29, 0.717) is 12.4 Å². The Morgan fingerprint density at radius 1 is 1.12 bits per heavy atom. The molecule has 0 bridgehead atoms. The summed E-state index contributed by atoms with van der Waals surface area (Å²) in [6, 6.07) is 12.5. The summed E-state index contributed by atoms with van der Waals surface area (Å²) in [5.74, 6) is -0.662. The van der Waals surface area contributed by atoms with Crippen LogP contribution < -0.4 is 5.32 Å². The third-order valence-corrected chi connectivity index (χ3v) is 5.53. The molecule has 32 heavy (non-hydrogen) atoms. The lowest BCUT2D eigenvalue weighted by Crippen LogP contribution is -2.31. The summed E-state index contributed by atoms with van der Waals surface area (Å²) in [6.45, 7) is 4.94. The van der Waals surface area contributed by atoms with Crippen LogP contribution in [-0.4, -0.2) is 45.2 Å². The molecule has 3 aromatic rings. The number of rotatable bonds is 6. The van der Waals surface area contributed by atoms with Gasteiger partial charge in [-0.1, -0.05) is 42.5 Å². The number of halogens is 2. The van der Waals surface area contributed by atoms with E-state index in [1.165, 1.54) is 5.56 Å². The van der Waals surface area contributed by atoms with Gasteiger partial charge in [0.15, 0.2) is 5.82 Å². The number of fused-ring (bicyclic) bond motifs is 1. The summed E-state index contributed by atoms with van der Waals surface area (Å²) in [5, 5.41) is 11.3. The number of benzene rings is 2. The van der Waals surface area contributed by atoms with E-state index in [2.05, 4.69) is 44.7 Å². The van der Waals surface area contributed by atoms with Crippen molar-refractivity contribution in [1.82, 2.24) is 25.0 Å². The number of carbonyl (C=O) groups excluding carboxylic acids is 1. The molecule has 166 valence electrons. The fraction of sp³-hybridized carbons (Fsp3) is 0.292. The van der Waals surface area contributed by atoms with Crippen LogP contribution in [0.5, 0.6) is 0 Å². The minimum atomic E-state index is -0.768. The molecule has 0 aliphatic carbocycles. The largest absolute Gasteiger partial charge is 0.342 e. The topological polar surface area (TPSA) is 63.1 Å². The average molecular weight is 437 g/mol. The minimum Gasteiger partial charge on any atom is -0.342 e. The molecule has 1 aliphatic heterocycles. The second kappa shape index (κ2) is 9.82. The molecule has 1 amide bonds. The fourth-order valence-electron chi connectivity index (χ4n) is 3.80. The maximum absolute atomic E-state index is 13.9. The van der Waals surface area contributed by atoms with Crippen LogP contribution in [0.15, 0.2) is 54.6 Å². The van der Waals surface area contributed by atoms with Gasteiger partial charge in [-0.05, 0) is 30.7 Å². The predicted molar refractivity (Wildman–Crippen MR) is 118 cm³/mol. The molecular weight excluding hydrogens is 412 g/mol. The van der Waals surface area contributed by atoms with Gasteiger partial charge < -0.3 is 9.88 Å². The van der Waals surface area contributed by atoms with Crippen molar-refractivity contribution in [2.24, 2.45) is 0 Å². The molecule has 6 nitrogen and oxygen atoms in total. The summed E-state index contributed by atoms with van der Waals surface area (Å²) < 4.78 is 29.4. The fourth-order valence-corrected chi connectivity index (χ4v) is 3.80. The number of carbonyl (C=O) groups is 1. The van der Waals surface area contributed by atoms with E-state index in [9.17, 15) is 13.6 Å². The SMILES string of the molecule is CC(NC(=O)c1cc(F)ccc1F)c1nnc2n1CCN(C/C=C/c1ccccc1)CC2. The Kier molecular flexibility index (Phi) is 6.70. The highest BCUT2D eigenvalue weighted by atomic mass is 19.1. The maximum atomic E-state index is 13.9. The van der Waals surface area contributed by atoms with E-state index in [1.54, 1.807) is 6.92 Å². The van der Waals surface area contributed by atoms with Gasteiger partial charge in [-0.2, -0.15) is 0 Å². The van der Waals surface area contributed by atoms with Crippen LogP contribution in [-0.2, 0) is 13.0 Å². The Morgan fingerprint density at radius 2 is 1.94 bits per heavy atom. The molecular formula is C24H25F2N5O. The van der Waals surface area contributed by atoms with Crippen molar-refractivity contribution in [1.29, 1.82) is 0 Å². The Morgan fingerprint density at radius 3 is 2.75 bits per heavy atom. The van der Waals surface area contributed by atoms with E-state index >= 15 is 0 Å². The number of aromatic nitrogens is 3. The maximum Gasteiger partial charge on any atom is 0.254 e. The number of hydrogen-bond donors (Lipinski definition) is 1. The Labute approximate surface area is 185 Å². The van der Waals surface area contributed by atoms with Crippen molar-refractivity contribution in [3.63, 3.8) is 0 Å². The molecule has 0 spiro atoms. The second-order valence-corrected chi connectivity index (χ2v) is 7.81. The van der Waals surface area contributed by atoms with Gasteiger partial charge in [0.2, 0.25) is 0 Å². The van der Waals surface area contributed by atoms with Gasteiger partial charge in [0.25, 0.3) is 5.91 Å². The van der Waals surface area contributed by atoms with Crippen LogP contribution in [0.3, 0.4) is 0 Å². The van der Waals surface area contributed by atoms with Crippen molar-refractivity contribution in [3.05, 3.63) is 89.0 Å². The lowest BCUT2D eigenvalue weighted by atomic mass is 10.1. The predicted octanol–water partition coefficient (Wildman–Crippen LogP) is 3.62. The number of amides is 1. The molecule has 4 rings (SSSR count). The molecule has 1 aliphatic rings. The first kappa shape index (κ1) is 21.8. The van der Waals surface area contributed by atoms with Crippen molar-refractivity contribution in [2.75, 3.05) is 19.6 Å². The van der Waals surface area contributed by atoms with Crippen molar-refractivity contribution in [3.8, 4) is 0 Å². The molecule has 1 N–H and O–H groups in total. The van der Waals surface area contributed by atoms with Crippen LogP contribution in [0.4, 0.5) is 8.78 Å². The van der Waals surface area contributed by atoms with Gasteiger partial charge in [0, 0.05) is 32.6 Å². The van der Waals surface area contributed by atoms with E-state index in [4.69, 9.17) is 0 Å². The summed E-state index contributed by atoms with van der Waals surface area (Å²) in [7, 11) is 0. The first-order valence-corrected chi connectivity index (χ1v) is 10.6. The minimum absolute atomic E-state index is 0.330. The molecule has 0 saturated heterocycles. The van der Waals surface area contributed by atoms with Gasteiger partial charge in [0.05, 0.1) is 11.6 Å². The Bertz CT molecular complexity index is 1110. The third kappa shape index (κ3) is 5.08. The smallest absolute Gasteiger partial charge is 0.254 e. The van der Waals surface area contributed by atoms with E-state index in [1.807, 2.05) is 22.8 Å². The van der Waals surface area contributed by atoms with Crippen molar-refractivity contribution < 1.29 is 13.6 Å². The molecule has 1 aromatic heterocycles. The van der Waals surface area contributed by atoms with Crippen LogP contribution in [0, 0.1) is 11.6 Å². The van der Waals surface area contributed by atoms with Gasteiger partial charge >= 0.3 is 0 Å². The van der Waals surface area contributed by atoms with Crippen LogP contribution in [0.25, 0.3) is 6.08 Å². The Hall–Kier alpha value is -3.39. The lowest BCUT2D eigenvalue weighted by Gasteiger charge is -2.18. The molecule has 0 saturated carbocycles. The van der Waals surface area contributed by atoms with Gasteiger partial charge in [0.1, 0.15) is 17.5 Å². The molecule has 1 unspecified atom stereocenters. The first-order chi connectivity index (χ1) is 15.5.